The molecule has 1 saturated carbocycles. The summed E-state index contributed by atoms with van der Waals surface area (Å²) in [7, 11) is -3.31. The van der Waals surface area contributed by atoms with Crippen molar-refractivity contribution in [2.75, 3.05) is 17.0 Å². The lowest BCUT2D eigenvalue weighted by Gasteiger charge is -2.09. The van der Waals surface area contributed by atoms with Gasteiger partial charge in [0.15, 0.2) is 0 Å². The lowest BCUT2D eigenvalue weighted by Crippen LogP contribution is -2.28. The van der Waals surface area contributed by atoms with Crippen LogP contribution < -0.4 is 10.0 Å². The van der Waals surface area contributed by atoms with E-state index in [0.29, 0.717) is 18.4 Å². The second-order valence-corrected chi connectivity index (χ2v) is 6.66. The summed E-state index contributed by atoms with van der Waals surface area (Å²) < 4.78 is 26.2. The minimum atomic E-state index is -3.31. The highest BCUT2D eigenvalue weighted by Gasteiger charge is 2.21. The van der Waals surface area contributed by atoms with E-state index in [0.717, 1.165) is 24.1 Å². The third-order valence-electron chi connectivity index (χ3n) is 2.74. The van der Waals surface area contributed by atoms with Crippen molar-refractivity contribution in [2.24, 2.45) is 0 Å². The zero-order chi connectivity index (χ0) is 13.2. The van der Waals surface area contributed by atoms with Crippen LogP contribution in [0.15, 0.2) is 12.1 Å². The second-order valence-electron chi connectivity index (χ2n) is 4.82. The minimum Gasteiger partial charge on any atom is -0.313 e. The average molecular weight is 269 g/mol. The van der Waals surface area contributed by atoms with Crippen LogP contribution in [0.4, 0.5) is 5.82 Å². The van der Waals surface area contributed by atoms with Crippen LogP contribution in [-0.4, -0.2) is 31.7 Å². The fraction of sp³-hybridized carbons (Fsp3) is 0.583. The standard InChI is InChI=1S/C12H19N3O2S/c1-9-7-10(2)14-12(8-9)15-18(16,17)6-5-13-11-3-4-11/h7-8,11,13H,3-6H2,1-2H3,(H,14,15). The van der Waals surface area contributed by atoms with E-state index in [2.05, 4.69) is 15.0 Å². The third-order valence-corrected chi connectivity index (χ3v) is 4.00. The summed E-state index contributed by atoms with van der Waals surface area (Å²) in [6.07, 6.45) is 2.32. The monoisotopic (exact) mass is 269 g/mol. The van der Waals surface area contributed by atoms with Gasteiger partial charge in [-0.2, -0.15) is 0 Å². The van der Waals surface area contributed by atoms with E-state index in [4.69, 9.17) is 0 Å². The number of rotatable bonds is 6. The third kappa shape index (κ3) is 4.27. The molecule has 1 heterocycles. The van der Waals surface area contributed by atoms with Crippen molar-refractivity contribution in [3.63, 3.8) is 0 Å². The molecule has 1 aliphatic carbocycles. The molecule has 2 N–H and O–H groups in total. The molecule has 0 saturated heterocycles. The SMILES string of the molecule is Cc1cc(C)nc(NS(=O)(=O)CCNC2CC2)c1. The highest BCUT2D eigenvalue weighted by molar-refractivity contribution is 7.92. The van der Waals surface area contributed by atoms with Crippen molar-refractivity contribution >= 4 is 15.8 Å². The van der Waals surface area contributed by atoms with Gasteiger partial charge in [-0.15, -0.1) is 0 Å². The summed E-state index contributed by atoms with van der Waals surface area (Å²) in [5.74, 6) is 0.483. The van der Waals surface area contributed by atoms with E-state index in [-0.39, 0.29) is 5.75 Å². The van der Waals surface area contributed by atoms with E-state index in [1.54, 1.807) is 6.07 Å². The molecule has 1 aromatic heterocycles. The first-order chi connectivity index (χ1) is 8.44. The molecule has 1 aromatic rings. The Morgan fingerprint density at radius 1 is 1.33 bits per heavy atom. The van der Waals surface area contributed by atoms with Crippen LogP contribution in [-0.2, 0) is 10.0 Å². The van der Waals surface area contributed by atoms with Gasteiger partial charge in [0.2, 0.25) is 10.0 Å². The zero-order valence-corrected chi connectivity index (χ0v) is 11.5. The van der Waals surface area contributed by atoms with Crippen LogP contribution in [0.5, 0.6) is 0 Å². The maximum Gasteiger partial charge on any atom is 0.235 e. The highest BCUT2D eigenvalue weighted by atomic mass is 32.2. The number of pyridine rings is 1. The van der Waals surface area contributed by atoms with Crippen LogP contribution in [0.2, 0.25) is 0 Å². The highest BCUT2D eigenvalue weighted by Crippen LogP contribution is 2.18. The summed E-state index contributed by atoms with van der Waals surface area (Å²) in [6.45, 7) is 4.26. The van der Waals surface area contributed by atoms with Gasteiger partial charge >= 0.3 is 0 Å². The van der Waals surface area contributed by atoms with Crippen LogP contribution in [0, 0.1) is 13.8 Å². The topological polar surface area (TPSA) is 71.1 Å². The van der Waals surface area contributed by atoms with Gasteiger partial charge in [-0.05, 0) is 44.4 Å². The molecule has 5 nitrogen and oxygen atoms in total. The Morgan fingerprint density at radius 3 is 2.67 bits per heavy atom. The molecule has 0 aliphatic heterocycles. The number of nitrogens with zero attached hydrogens (tertiary/aromatic N) is 1. The van der Waals surface area contributed by atoms with Crippen molar-refractivity contribution in [3.05, 3.63) is 23.4 Å². The maximum atomic E-state index is 11.8. The predicted molar refractivity (Wildman–Crippen MR) is 72.1 cm³/mol. The average Bonchev–Trinajstić information content (AvgIpc) is 2.98. The quantitative estimate of drug-likeness (QED) is 0.814. The van der Waals surface area contributed by atoms with E-state index < -0.39 is 10.0 Å². The predicted octanol–water partition coefficient (Wildman–Crippen LogP) is 1.19. The van der Waals surface area contributed by atoms with Crippen molar-refractivity contribution < 1.29 is 8.42 Å². The molecule has 1 fully saturated rings. The zero-order valence-electron chi connectivity index (χ0n) is 10.7. The normalized spacial score (nSPS) is 15.7. The number of sulfonamides is 1. The first-order valence-corrected chi connectivity index (χ1v) is 7.79. The van der Waals surface area contributed by atoms with Crippen molar-refractivity contribution in [3.8, 4) is 0 Å². The lowest BCUT2D eigenvalue weighted by molar-refractivity contribution is 0.595. The number of aromatic nitrogens is 1. The molecule has 0 aromatic carbocycles. The summed E-state index contributed by atoms with van der Waals surface area (Å²) in [6, 6.07) is 4.17. The number of nitrogens with one attached hydrogen (secondary N) is 2. The summed E-state index contributed by atoms with van der Waals surface area (Å²) in [5, 5.41) is 3.18. The van der Waals surface area contributed by atoms with Crippen molar-refractivity contribution in [1.82, 2.24) is 10.3 Å². The van der Waals surface area contributed by atoms with Gasteiger partial charge in [-0.25, -0.2) is 13.4 Å². The van der Waals surface area contributed by atoms with E-state index in [9.17, 15) is 8.42 Å². The minimum absolute atomic E-state index is 0.0815. The first-order valence-electron chi connectivity index (χ1n) is 6.14. The molecular formula is C12H19N3O2S. The Balaban J connectivity index is 1.92. The second kappa shape index (κ2) is 5.24. The summed E-state index contributed by atoms with van der Waals surface area (Å²) >= 11 is 0. The van der Waals surface area contributed by atoms with Gasteiger partial charge in [0, 0.05) is 18.3 Å². The number of anilines is 1. The smallest absolute Gasteiger partial charge is 0.235 e. The van der Waals surface area contributed by atoms with Gasteiger partial charge in [0.05, 0.1) is 5.75 Å². The molecule has 0 amide bonds. The molecule has 6 heteroatoms. The molecule has 0 radical (unpaired) electrons. The largest absolute Gasteiger partial charge is 0.313 e. The van der Waals surface area contributed by atoms with E-state index >= 15 is 0 Å². The van der Waals surface area contributed by atoms with E-state index in [1.165, 1.54) is 0 Å². The van der Waals surface area contributed by atoms with Gasteiger partial charge in [0.25, 0.3) is 0 Å². The molecule has 0 bridgehead atoms. The van der Waals surface area contributed by atoms with Crippen molar-refractivity contribution in [1.29, 1.82) is 0 Å². The fourth-order valence-electron chi connectivity index (χ4n) is 1.79. The molecule has 0 unspecified atom stereocenters. The maximum absolute atomic E-state index is 11.8. The summed E-state index contributed by atoms with van der Waals surface area (Å²) in [5.41, 5.74) is 1.81. The fourth-order valence-corrected chi connectivity index (χ4v) is 2.70. The Hall–Kier alpha value is -1.14. The number of aryl methyl sites for hydroxylation is 2. The Labute approximate surface area is 108 Å². The van der Waals surface area contributed by atoms with Gasteiger partial charge < -0.3 is 5.32 Å². The molecular weight excluding hydrogens is 250 g/mol. The van der Waals surface area contributed by atoms with Crippen LogP contribution in [0.25, 0.3) is 0 Å². The Kier molecular flexibility index (Phi) is 3.87. The Morgan fingerprint density at radius 2 is 2.06 bits per heavy atom. The van der Waals surface area contributed by atoms with Crippen LogP contribution in [0.3, 0.4) is 0 Å². The molecule has 100 valence electrons. The molecule has 0 spiro atoms. The number of hydrogen-bond donors (Lipinski definition) is 2. The van der Waals surface area contributed by atoms with Gasteiger partial charge in [0.1, 0.15) is 5.82 Å². The molecule has 2 rings (SSSR count). The van der Waals surface area contributed by atoms with Gasteiger partial charge in [-0.1, -0.05) is 0 Å². The van der Waals surface area contributed by atoms with E-state index in [1.807, 2.05) is 19.9 Å². The molecule has 1 aliphatic rings. The Bertz CT molecular complexity index is 504. The molecule has 18 heavy (non-hydrogen) atoms. The van der Waals surface area contributed by atoms with Crippen LogP contribution >= 0.6 is 0 Å². The molecule has 0 atom stereocenters. The van der Waals surface area contributed by atoms with Gasteiger partial charge in [-0.3, -0.25) is 4.72 Å². The first kappa shape index (κ1) is 13.3. The van der Waals surface area contributed by atoms with Crippen molar-refractivity contribution in [2.45, 2.75) is 32.7 Å². The van der Waals surface area contributed by atoms with Crippen LogP contribution in [0.1, 0.15) is 24.1 Å². The lowest BCUT2D eigenvalue weighted by atomic mass is 10.2. The number of hydrogen-bond acceptors (Lipinski definition) is 4. The summed E-state index contributed by atoms with van der Waals surface area (Å²) in [4.78, 5) is 4.16.